The fourth-order valence-electron chi connectivity index (χ4n) is 3.95. The summed E-state index contributed by atoms with van der Waals surface area (Å²) in [6, 6.07) is 14.0. The molecule has 3 aromatic rings. The van der Waals surface area contributed by atoms with Crippen LogP contribution in [0.2, 0.25) is 0 Å². The molecule has 0 unspecified atom stereocenters. The first-order chi connectivity index (χ1) is 14.2. The second-order valence-corrected chi connectivity index (χ2v) is 7.52. The normalized spacial score (nSPS) is 20.0. The average Bonchev–Trinajstić information content (AvgIpc) is 2.75. The predicted octanol–water partition coefficient (Wildman–Crippen LogP) is 2.52. The van der Waals surface area contributed by atoms with Crippen molar-refractivity contribution < 1.29 is 9.84 Å². The van der Waals surface area contributed by atoms with E-state index in [4.69, 9.17) is 10.5 Å². The Bertz CT molecular complexity index is 975. The van der Waals surface area contributed by atoms with Gasteiger partial charge in [0.2, 0.25) is 0 Å². The Morgan fingerprint density at radius 1 is 1.24 bits per heavy atom. The Kier molecular flexibility index (Phi) is 5.89. The summed E-state index contributed by atoms with van der Waals surface area (Å²) in [5.74, 6) is 1.67. The largest absolute Gasteiger partial charge is 0.497 e. The zero-order valence-electron chi connectivity index (χ0n) is 16.6. The second-order valence-electron chi connectivity index (χ2n) is 7.52. The topological polar surface area (TPSA) is 96.5 Å². The fourth-order valence-corrected chi connectivity index (χ4v) is 3.95. The quantitative estimate of drug-likeness (QED) is 0.592. The molecule has 152 valence electrons. The first-order valence-corrected chi connectivity index (χ1v) is 9.90. The van der Waals surface area contributed by atoms with E-state index in [-0.39, 0.29) is 18.6 Å². The molecule has 0 spiro atoms. The van der Waals surface area contributed by atoms with Gasteiger partial charge < -0.3 is 20.9 Å². The summed E-state index contributed by atoms with van der Waals surface area (Å²) in [4.78, 5) is 11.3. The van der Waals surface area contributed by atoms with E-state index in [2.05, 4.69) is 26.3 Å². The summed E-state index contributed by atoms with van der Waals surface area (Å²) in [5.41, 5.74) is 9.10. The van der Waals surface area contributed by atoms with Crippen LogP contribution in [-0.4, -0.2) is 52.8 Å². The van der Waals surface area contributed by atoms with Gasteiger partial charge in [-0.15, -0.1) is 0 Å². The lowest BCUT2D eigenvalue weighted by Gasteiger charge is -2.36. The van der Waals surface area contributed by atoms with Crippen LogP contribution in [0.3, 0.4) is 0 Å². The highest BCUT2D eigenvalue weighted by molar-refractivity contribution is 5.93. The molecule has 0 aliphatic carbocycles. The van der Waals surface area contributed by atoms with Crippen molar-refractivity contribution in [3.8, 4) is 5.75 Å². The van der Waals surface area contributed by atoms with E-state index < -0.39 is 0 Å². The van der Waals surface area contributed by atoms with Crippen molar-refractivity contribution in [3.05, 3.63) is 54.4 Å². The highest BCUT2D eigenvalue weighted by Crippen LogP contribution is 2.29. The third kappa shape index (κ3) is 4.32. The van der Waals surface area contributed by atoms with Gasteiger partial charge in [-0.05, 0) is 36.7 Å². The van der Waals surface area contributed by atoms with Crippen molar-refractivity contribution in [2.75, 3.05) is 32.1 Å². The number of hydrogen-bond donors (Lipinski definition) is 3. The van der Waals surface area contributed by atoms with Crippen LogP contribution in [0.1, 0.15) is 12.0 Å². The minimum Gasteiger partial charge on any atom is -0.497 e. The lowest BCUT2D eigenvalue weighted by Crippen LogP contribution is -2.48. The van der Waals surface area contributed by atoms with Crippen LogP contribution < -0.4 is 15.8 Å². The van der Waals surface area contributed by atoms with Crippen LogP contribution in [0.5, 0.6) is 5.75 Å². The van der Waals surface area contributed by atoms with Gasteiger partial charge >= 0.3 is 0 Å². The van der Waals surface area contributed by atoms with Gasteiger partial charge in [0.1, 0.15) is 17.9 Å². The molecule has 0 saturated carbocycles. The summed E-state index contributed by atoms with van der Waals surface area (Å²) >= 11 is 0. The molecule has 1 fully saturated rings. The second kappa shape index (κ2) is 8.73. The number of aromatic nitrogens is 2. The number of aliphatic hydroxyl groups excluding tert-OH is 1. The molecule has 7 nitrogen and oxygen atoms in total. The zero-order valence-corrected chi connectivity index (χ0v) is 16.6. The maximum Gasteiger partial charge on any atom is 0.142 e. The van der Waals surface area contributed by atoms with E-state index in [0.29, 0.717) is 0 Å². The molecular weight excluding hydrogens is 366 g/mol. The number of anilines is 2. The van der Waals surface area contributed by atoms with Crippen molar-refractivity contribution in [2.24, 2.45) is 11.7 Å². The van der Waals surface area contributed by atoms with E-state index >= 15 is 0 Å². The lowest BCUT2D eigenvalue weighted by atomic mass is 9.93. The molecule has 2 aromatic carbocycles. The number of methoxy groups -OCH3 is 1. The van der Waals surface area contributed by atoms with Crippen LogP contribution in [0, 0.1) is 5.92 Å². The number of nitrogens with one attached hydrogen (secondary N) is 1. The maximum atomic E-state index is 9.62. The summed E-state index contributed by atoms with van der Waals surface area (Å²) in [6.07, 6.45) is 2.47. The van der Waals surface area contributed by atoms with Crippen LogP contribution in [0.25, 0.3) is 10.9 Å². The summed E-state index contributed by atoms with van der Waals surface area (Å²) in [5, 5.41) is 14.0. The average molecular weight is 393 g/mol. The molecule has 1 aliphatic heterocycles. The molecule has 2 atom stereocenters. The SMILES string of the molecule is COc1cccc(Nc2ncnc3cccc(CN4CC[C@@H](N)[C@H](CO)C4)c23)c1. The maximum absolute atomic E-state index is 9.62. The highest BCUT2D eigenvalue weighted by atomic mass is 16.5. The van der Waals surface area contributed by atoms with Crippen LogP contribution in [0.4, 0.5) is 11.5 Å². The molecular formula is C22H27N5O2. The summed E-state index contributed by atoms with van der Waals surface area (Å²) in [6.45, 7) is 2.60. The molecule has 1 saturated heterocycles. The Morgan fingerprint density at radius 3 is 2.93 bits per heavy atom. The van der Waals surface area contributed by atoms with Gasteiger partial charge in [0.25, 0.3) is 0 Å². The summed E-state index contributed by atoms with van der Waals surface area (Å²) in [7, 11) is 1.65. The summed E-state index contributed by atoms with van der Waals surface area (Å²) < 4.78 is 5.32. The lowest BCUT2D eigenvalue weighted by molar-refractivity contribution is 0.0995. The van der Waals surface area contributed by atoms with Crippen LogP contribution >= 0.6 is 0 Å². The third-order valence-electron chi connectivity index (χ3n) is 5.59. The van der Waals surface area contributed by atoms with Crippen molar-refractivity contribution in [3.63, 3.8) is 0 Å². The third-order valence-corrected chi connectivity index (χ3v) is 5.59. The monoisotopic (exact) mass is 393 g/mol. The number of nitrogens with zero attached hydrogens (tertiary/aromatic N) is 3. The number of rotatable bonds is 6. The molecule has 0 bridgehead atoms. The van der Waals surface area contributed by atoms with Gasteiger partial charge in [0, 0.05) is 48.8 Å². The van der Waals surface area contributed by atoms with Gasteiger partial charge in [-0.25, -0.2) is 9.97 Å². The van der Waals surface area contributed by atoms with Crippen LogP contribution in [-0.2, 0) is 6.54 Å². The van der Waals surface area contributed by atoms with E-state index in [1.165, 1.54) is 0 Å². The van der Waals surface area contributed by atoms with Crippen molar-refractivity contribution in [1.29, 1.82) is 0 Å². The van der Waals surface area contributed by atoms with Crippen molar-refractivity contribution >= 4 is 22.4 Å². The van der Waals surface area contributed by atoms with Gasteiger partial charge in [-0.1, -0.05) is 18.2 Å². The standard InChI is InChI=1S/C22H27N5O2/c1-29-18-6-3-5-17(10-18)26-22-21-15(4-2-7-20(21)24-14-25-22)11-27-9-8-19(23)16(12-27)13-28/h2-7,10,14,16,19,28H,8-9,11-13,23H2,1H3,(H,24,25,26)/t16-,19+/m0/s1. The predicted molar refractivity (Wildman–Crippen MR) is 114 cm³/mol. The zero-order chi connectivity index (χ0) is 20.2. The number of aliphatic hydroxyl groups is 1. The molecule has 4 rings (SSSR count). The molecule has 0 radical (unpaired) electrons. The highest BCUT2D eigenvalue weighted by Gasteiger charge is 2.26. The Labute approximate surface area is 170 Å². The molecule has 4 N–H and O–H groups in total. The van der Waals surface area contributed by atoms with Gasteiger partial charge in [0.05, 0.1) is 12.6 Å². The number of piperidine rings is 1. The number of hydrogen-bond acceptors (Lipinski definition) is 7. The smallest absolute Gasteiger partial charge is 0.142 e. The van der Waals surface area contributed by atoms with Crippen LogP contribution in [0.15, 0.2) is 48.8 Å². The first-order valence-electron chi connectivity index (χ1n) is 9.90. The van der Waals surface area contributed by atoms with E-state index in [1.807, 2.05) is 36.4 Å². The molecule has 1 aliphatic rings. The number of benzene rings is 2. The Morgan fingerprint density at radius 2 is 2.10 bits per heavy atom. The van der Waals surface area contributed by atoms with Gasteiger partial charge in [-0.3, -0.25) is 4.90 Å². The van der Waals surface area contributed by atoms with Gasteiger partial charge in [0.15, 0.2) is 0 Å². The Hall–Kier alpha value is -2.74. The van der Waals surface area contributed by atoms with E-state index in [0.717, 1.165) is 59.8 Å². The van der Waals surface area contributed by atoms with Crippen molar-refractivity contribution in [2.45, 2.75) is 19.0 Å². The fraction of sp³-hybridized carbons (Fsp3) is 0.364. The minimum atomic E-state index is 0.0670. The molecule has 2 heterocycles. The number of nitrogens with two attached hydrogens (primary N) is 1. The molecule has 7 heteroatoms. The van der Waals surface area contributed by atoms with Crippen molar-refractivity contribution in [1.82, 2.24) is 14.9 Å². The number of ether oxygens (including phenoxy) is 1. The van der Waals surface area contributed by atoms with Gasteiger partial charge in [-0.2, -0.15) is 0 Å². The minimum absolute atomic E-state index is 0.0670. The molecule has 0 amide bonds. The Balaban J connectivity index is 1.64. The number of likely N-dealkylation sites (tertiary alicyclic amines) is 1. The molecule has 1 aromatic heterocycles. The molecule has 29 heavy (non-hydrogen) atoms. The first kappa shape index (κ1) is 19.6. The van der Waals surface area contributed by atoms with E-state index in [9.17, 15) is 5.11 Å². The van der Waals surface area contributed by atoms with E-state index in [1.54, 1.807) is 13.4 Å². The number of fused-ring (bicyclic) bond motifs is 1.